The van der Waals surface area contributed by atoms with Crippen LogP contribution in [0.2, 0.25) is 0 Å². The number of fused-ring (bicyclic) bond motifs is 1. The molecule has 0 fully saturated rings. The van der Waals surface area contributed by atoms with Gasteiger partial charge in [-0.1, -0.05) is 38.8 Å². The Labute approximate surface area is 233 Å². The van der Waals surface area contributed by atoms with Gasteiger partial charge in [-0.05, 0) is 104 Å². The fraction of sp³-hybridized carbons (Fsp3) is 0.412. The Morgan fingerprint density at radius 3 is 1.92 bits per heavy atom. The summed E-state index contributed by atoms with van der Waals surface area (Å²) in [5.41, 5.74) is 5.20. The van der Waals surface area contributed by atoms with Crippen molar-refractivity contribution in [1.82, 2.24) is 0 Å². The molecule has 1 aliphatic rings. The van der Waals surface area contributed by atoms with Gasteiger partial charge in [-0.2, -0.15) is 0 Å². The lowest BCUT2D eigenvalue weighted by Crippen LogP contribution is -2.33. The summed E-state index contributed by atoms with van der Waals surface area (Å²) in [7, 11) is 0. The molecule has 39 heavy (non-hydrogen) atoms. The first-order chi connectivity index (χ1) is 19.1. The molecular weight excluding hydrogens is 486 g/mol. The number of aldehydes is 1. The van der Waals surface area contributed by atoms with Crippen LogP contribution in [0.25, 0.3) is 0 Å². The van der Waals surface area contributed by atoms with Crippen molar-refractivity contribution in [2.24, 2.45) is 4.99 Å². The molecule has 4 rings (SSSR count). The van der Waals surface area contributed by atoms with E-state index in [4.69, 9.17) is 19.2 Å². The van der Waals surface area contributed by atoms with Gasteiger partial charge in [-0.3, -0.25) is 4.99 Å². The number of nitrogens with zero attached hydrogens (tertiary/aromatic N) is 1. The molecule has 0 N–H and O–H groups in total. The van der Waals surface area contributed by atoms with Crippen LogP contribution in [0.1, 0.15) is 76.0 Å². The third-order valence-corrected chi connectivity index (χ3v) is 7.19. The van der Waals surface area contributed by atoms with Gasteiger partial charge in [-0.15, -0.1) is 0 Å². The van der Waals surface area contributed by atoms with Crippen LogP contribution in [-0.2, 0) is 16.6 Å². The van der Waals surface area contributed by atoms with E-state index in [2.05, 4.69) is 57.2 Å². The van der Waals surface area contributed by atoms with E-state index in [0.29, 0.717) is 19.6 Å². The lowest BCUT2D eigenvalue weighted by atomic mass is 9.73. The van der Waals surface area contributed by atoms with Gasteiger partial charge in [0.25, 0.3) is 0 Å². The number of aliphatic imine (C=N–C) groups is 1. The summed E-state index contributed by atoms with van der Waals surface area (Å²) < 4.78 is 17.8. The van der Waals surface area contributed by atoms with Gasteiger partial charge in [0.1, 0.15) is 23.5 Å². The van der Waals surface area contributed by atoms with Crippen molar-refractivity contribution < 1.29 is 19.0 Å². The van der Waals surface area contributed by atoms with E-state index in [9.17, 15) is 4.79 Å². The zero-order chi connectivity index (χ0) is 27.5. The van der Waals surface area contributed by atoms with Crippen molar-refractivity contribution in [2.75, 3.05) is 19.8 Å². The molecule has 5 nitrogen and oxygen atoms in total. The molecule has 5 heteroatoms. The molecule has 0 spiro atoms. The average molecular weight is 528 g/mol. The highest BCUT2D eigenvalue weighted by atomic mass is 16.5. The molecule has 3 aromatic rings. The highest BCUT2D eigenvalue weighted by Gasteiger charge is 2.40. The standard InChI is InChI=1S/C34H41NO4/c1-4-6-21-37-29-16-12-27(13-17-29)33-34(3,25-26-10-14-28(15-11-26)38-23-9-8-20-36)31-24-30(39-22-7-5-2)18-19-32(31)35-33/h10-20,24H,4-9,21-23,25H2,1-3H3. The minimum Gasteiger partial charge on any atom is -0.494 e. The number of hydrogen-bond acceptors (Lipinski definition) is 5. The minimum atomic E-state index is -0.337. The van der Waals surface area contributed by atoms with E-state index in [1.54, 1.807) is 0 Å². The molecule has 0 saturated carbocycles. The number of carbonyl (C=O) groups is 1. The average Bonchev–Trinajstić information content (AvgIpc) is 3.24. The second-order valence-electron chi connectivity index (χ2n) is 10.4. The molecule has 206 valence electrons. The Kier molecular flexibility index (Phi) is 10.2. The van der Waals surface area contributed by atoms with E-state index < -0.39 is 0 Å². The molecule has 0 saturated heterocycles. The van der Waals surface area contributed by atoms with Crippen molar-refractivity contribution in [3.63, 3.8) is 0 Å². The molecule has 0 bridgehead atoms. The number of rotatable bonds is 16. The van der Waals surface area contributed by atoms with Gasteiger partial charge in [0.2, 0.25) is 0 Å². The van der Waals surface area contributed by atoms with Crippen LogP contribution in [0.15, 0.2) is 71.7 Å². The second kappa shape index (κ2) is 14.0. The molecule has 0 aliphatic carbocycles. The van der Waals surface area contributed by atoms with Crippen LogP contribution in [0.4, 0.5) is 5.69 Å². The fourth-order valence-electron chi connectivity index (χ4n) is 4.92. The van der Waals surface area contributed by atoms with Crippen molar-refractivity contribution in [3.05, 3.63) is 83.4 Å². The number of unbranched alkanes of at least 4 members (excludes halogenated alkanes) is 3. The molecule has 1 atom stereocenters. The Morgan fingerprint density at radius 2 is 1.31 bits per heavy atom. The summed E-state index contributed by atoms with van der Waals surface area (Å²) in [6, 6.07) is 22.9. The van der Waals surface area contributed by atoms with E-state index in [0.717, 1.165) is 85.6 Å². The van der Waals surface area contributed by atoms with Crippen LogP contribution < -0.4 is 14.2 Å². The molecule has 3 aromatic carbocycles. The SMILES string of the molecule is CCCCOc1ccc(C2=Nc3ccc(OCCCC)cc3C2(C)Cc2ccc(OCCCC=O)cc2)cc1. The van der Waals surface area contributed by atoms with Crippen molar-refractivity contribution in [3.8, 4) is 17.2 Å². The predicted octanol–water partition coefficient (Wildman–Crippen LogP) is 8.04. The molecule has 1 heterocycles. The summed E-state index contributed by atoms with van der Waals surface area (Å²) >= 11 is 0. The van der Waals surface area contributed by atoms with Gasteiger partial charge >= 0.3 is 0 Å². The molecule has 1 unspecified atom stereocenters. The largest absolute Gasteiger partial charge is 0.494 e. The predicted molar refractivity (Wildman–Crippen MR) is 158 cm³/mol. The van der Waals surface area contributed by atoms with Gasteiger partial charge in [-0.25, -0.2) is 0 Å². The van der Waals surface area contributed by atoms with E-state index in [-0.39, 0.29) is 5.41 Å². The van der Waals surface area contributed by atoms with E-state index in [1.165, 1.54) is 11.1 Å². The fourth-order valence-corrected chi connectivity index (χ4v) is 4.92. The lowest BCUT2D eigenvalue weighted by molar-refractivity contribution is -0.108. The zero-order valence-electron chi connectivity index (χ0n) is 23.6. The number of benzene rings is 3. The van der Waals surface area contributed by atoms with Crippen molar-refractivity contribution >= 4 is 17.7 Å². The van der Waals surface area contributed by atoms with E-state index in [1.807, 2.05) is 30.3 Å². The second-order valence-corrected chi connectivity index (χ2v) is 10.4. The van der Waals surface area contributed by atoms with Gasteiger partial charge < -0.3 is 19.0 Å². The maximum Gasteiger partial charge on any atom is 0.120 e. The van der Waals surface area contributed by atoms with Crippen LogP contribution >= 0.6 is 0 Å². The first-order valence-corrected chi connectivity index (χ1v) is 14.3. The molecule has 0 radical (unpaired) electrons. The van der Waals surface area contributed by atoms with Gasteiger partial charge in [0.05, 0.1) is 31.2 Å². The lowest BCUT2D eigenvalue weighted by Gasteiger charge is -2.29. The summed E-state index contributed by atoms with van der Waals surface area (Å²) in [4.78, 5) is 15.7. The first-order valence-electron chi connectivity index (χ1n) is 14.3. The summed E-state index contributed by atoms with van der Waals surface area (Å²) in [5, 5.41) is 0. The quantitative estimate of drug-likeness (QED) is 0.140. The first kappa shape index (κ1) is 28.4. The zero-order valence-corrected chi connectivity index (χ0v) is 23.6. The maximum atomic E-state index is 10.5. The highest BCUT2D eigenvalue weighted by Crippen LogP contribution is 2.46. The highest BCUT2D eigenvalue weighted by molar-refractivity contribution is 6.12. The van der Waals surface area contributed by atoms with Gasteiger partial charge in [0.15, 0.2) is 0 Å². The Morgan fingerprint density at radius 1 is 0.744 bits per heavy atom. The summed E-state index contributed by atoms with van der Waals surface area (Å²) in [6.07, 6.45) is 7.27. The Bertz CT molecular complexity index is 1230. The third kappa shape index (κ3) is 7.29. The summed E-state index contributed by atoms with van der Waals surface area (Å²) in [6.45, 7) is 8.61. The Hall–Kier alpha value is -3.60. The molecule has 0 amide bonds. The van der Waals surface area contributed by atoms with Gasteiger partial charge in [0, 0.05) is 11.8 Å². The number of hydrogen-bond donors (Lipinski definition) is 0. The normalized spacial score (nSPS) is 15.9. The number of carbonyl (C=O) groups excluding carboxylic acids is 1. The molecular formula is C34H41NO4. The van der Waals surface area contributed by atoms with E-state index >= 15 is 0 Å². The monoisotopic (exact) mass is 527 g/mol. The number of ether oxygens (including phenoxy) is 3. The van der Waals surface area contributed by atoms with Crippen LogP contribution in [0, 0.1) is 0 Å². The van der Waals surface area contributed by atoms with Crippen molar-refractivity contribution in [2.45, 2.75) is 71.1 Å². The molecule has 1 aliphatic heterocycles. The smallest absolute Gasteiger partial charge is 0.120 e. The topological polar surface area (TPSA) is 57.1 Å². The Balaban J connectivity index is 1.59. The maximum absolute atomic E-state index is 10.5. The third-order valence-electron chi connectivity index (χ3n) is 7.19. The molecule has 0 aromatic heterocycles. The van der Waals surface area contributed by atoms with Crippen LogP contribution in [0.5, 0.6) is 17.2 Å². The van der Waals surface area contributed by atoms with Crippen LogP contribution in [-0.4, -0.2) is 31.8 Å². The van der Waals surface area contributed by atoms with Crippen molar-refractivity contribution in [1.29, 1.82) is 0 Å². The minimum absolute atomic E-state index is 0.337. The van der Waals surface area contributed by atoms with Crippen LogP contribution in [0.3, 0.4) is 0 Å². The summed E-state index contributed by atoms with van der Waals surface area (Å²) in [5.74, 6) is 2.60.